The third-order valence-electron chi connectivity index (χ3n) is 4.04. The largest absolute Gasteiger partial charge is 0.335 e. The molecule has 0 atom stereocenters. The van der Waals surface area contributed by atoms with Crippen LogP contribution in [0.2, 0.25) is 0 Å². The van der Waals surface area contributed by atoms with Crippen LogP contribution < -0.4 is 4.90 Å². The number of unbranched alkanes of at least 4 members (excludes halogenated alkanes) is 3. The Morgan fingerprint density at radius 3 is 2.18 bits per heavy atom. The van der Waals surface area contributed by atoms with Gasteiger partial charge in [0.1, 0.15) is 0 Å². The van der Waals surface area contributed by atoms with Gasteiger partial charge in [-0.05, 0) is 25.7 Å². The van der Waals surface area contributed by atoms with Crippen molar-refractivity contribution in [1.29, 1.82) is 0 Å². The van der Waals surface area contributed by atoms with E-state index in [1.165, 1.54) is 43.5 Å². The number of hydrogen-bond donors (Lipinski definition) is 0. The first-order valence-electron chi connectivity index (χ1n) is 8.70. The van der Waals surface area contributed by atoms with Crippen LogP contribution in [-0.4, -0.2) is 22.6 Å². The average Bonchev–Trinajstić information content (AvgIpc) is 2.81. The lowest BCUT2D eigenvalue weighted by molar-refractivity contribution is 0.685. The van der Waals surface area contributed by atoms with E-state index in [2.05, 4.69) is 43.5 Å². The molecule has 0 fully saturated rings. The predicted molar refractivity (Wildman–Crippen MR) is 97.7 cm³/mol. The molecule has 0 aromatic carbocycles. The molecule has 0 spiro atoms. The number of aromatic nitrogens is 2. The van der Waals surface area contributed by atoms with Crippen LogP contribution in [0.5, 0.6) is 0 Å². The maximum absolute atomic E-state index is 4.97. The molecule has 1 aromatic rings. The zero-order valence-electron chi connectivity index (χ0n) is 14.8. The number of anilines is 1. The fourth-order valence-corrected chi connectivity index (χ4v) is 2.81. The minimum Gasteiger partial charge on any atom is -0.335 e. The van der Waals surface area contributed by atoms with Gasteiger partial charge in [0.05, 0.1) is 5.69 Å². The lowest BCUT2D eigenvalue weighted by atomic mass is 10.1. The third kappa shape index (κ3) is 5.04. The molecule has 3 heteroatoms. The van der Waals surface area contributed by atoms with Crippen molar-refractivity contribution >= 4 is 5.95 Å². The van der Waals surface area contributed by atoms with Crippen molar-refractivity contribution in [1.82, 2.24) is 9.55 Å². The molecule has 0 aliphatic rings. The van der Waals surface area contributed by atoms with Gasteiger partial charge in [0.25, 0.3) is 0 Å². The van der Waals surface area contributed by atoms with Crippen molar-refractivity contribution in [3.63, 3.8) is 0 Å². The summed E-state index contributed by atoms with van der Waals surface area (Å²) in [6.07, 6.45) is 12.3. The van der Waals surface area contributed by atoms with E-state index in [0.29, 0.717) is 0 Å². The van der Waals surface area contributed by atoms with Crippen LogP contribution in [0.25, 0.3) is 0 Å². The van der Waals surface area contributed by atoms with E-state index in [-0.39, 0.29) is 0 Å². The van der Waals surface area contributed by atoms with Crippen LogP contribution in [0.15, 0.2) is 25.3 Å². The van der Waals surface area contributed by atoms with E-state index in [9.17, 15) is 0 Å². The molecule has 0 saturated carbocycles. The van der Waals surface area contributed by atoms with E-state index in [0.717, 1.165) is 31.9 Å². The lowest BCUT2D eigenvalue weighted by Crippen LogP contribution is -2.26. The number of nitrogens with zero attached hydrogens (tertiary/aromatic N) is 3. The first kappa shape index (κ1) is 18.5. The summed E-state index contributed by atoms with van der Waals surface area (Å²) in [6, 6.07) is 0. The van der Waals surface area contributed by atoms with Crippen LogP contribution >= 0.6 is 0 Å². The minimum atomic E-state index is 0.804. The topological polar surface area (TPSA) is 21.1 Å². The van der Waals surface area contributed by atoms with Gasteiger partial charge in [0, 0.05) is 25.8 Å². The van der Waals surface area contributed by atoms with Crippen molar-refractivity contribution in [3.8, 4) is 0 Å². The van der Waals surface area contributed by atoms with Crippen LogP contribution in [-0.2, 0) is 19.9 Å². The molecule has 0 radical (unpaired) electrons. The fraction of sp³-hybridized carbons (Fsp3) is 0.632. The molecular weight excluding hydrogens is 270 g/mol. The summed E-state index contributed by atoms with van der Waals surface area (Å²) >= 11 is 0. The molecule has 0 aliphatic heterocycles. The molecular formula is C19H33N3. The highest BCUT2D eigenvalue weighted by Crippen LogP contribution is 2.22. The van der Waals surface area contributed by atoms with Crippen molar-refractivity contribution in [2.45, 2.75) is 58.8 Å². The molecule has 0 N–H and O–H groups in total. The number of imidazole rings is 1. The van der Waals surface area contributed by atoms with Gasteiger partial charge in [-0.1, -0.05) is 45.3 Å². The third-order valence-corrected chi connectivity index (χ3v) is 4.04. The molecule has 22 heavy (non-hydrogen) atoms. The van der Waals surface area contributed by atoms with Crippen LogP contribution in [0.1, 0.15) is 57.3 Å². The summed E-state index contributed by atoms with van der Waals surface area (Å²) in [4.78, 5) is 7.20. The smallest absolute Gasteiger partial charge is 0.206 e. The number of hydrogen-bond acceptors (Lipinski definition) is 2. The minimum absolute atomic E-state index is 0.804. The summed E-state index contributed by atoms with van der Waals surface area (Å²) in [5, 5.41) is 0. The molecule has 0 amide bonds. The van der Waals surface area contributed by atoms with Gasteiger partial charge < -0.3 is 9.47 Å². The zero-order valence-corrected chi connectivity index (χ0v) is 14.8. The Labute approximate surface area is 136 Å². The van der Waals surface area contributed by atoms with Crippen LogP contribution in [0.4, 0.5) is 5.95 Å². The highest BCUT2D eigenvalue weighted by atomic mass is 15.3. The van der Waals surface area contributed by atoms with E-state index < -0.39 is 0 Å². The molecule has 0 bridgehead atoms. The van der Waals surface area contributed by atoms with E-state index in [1.54, 1.807) is 0 Å². The monoisotopic (exact) mass is 303 g/mol. The SMILES string of the molecule is C=CCN(CC=C)c1nc(CCCCC)c(CCCC)n1C. The Kier molecular flexibility index (Phi) is 8.64. The molecule has 1 rings (SSSR count). The highest BCUT2D eigenvalue weighted by molar-refractivity contribution is 5.39. The average molecular weight is 303 g/mol. The summed E-state index contributed by atoms with van der Waals surface area (Å²) in [5.74, 6) is 1.05. The second-order valence-corrected chi connectivity index (χ2v) is 5.91. The molecule has 3 nitrogen and oxygen atoms in total. The molecule has 1 heterocycles. The van der Waals surface area contributed by atoms with Gasteiger partial charge in [-0.2, -0.15) is 0 Å². The molecule has 0 saturated heterocycles. The summed E-state index contributed by atoms with van der Waals surface area (Å²) in [7, 11) is 2.15. The summed E-state index contributed by atoms with van der Waals surface area (Å²) < 4.78 is 2.28. The molecule has 0 aliphatic carbocycles. The van der Waals surface area contributed by atoms with Crippen LogP contribution in [0, 0.1) is 0 Å². The molecule has 0 unspecified atom stereocenters. The van der Waals surface area contributed by atoms with Crippen molar-refractivity contribution in [2.24, 2.45) is 7.05 Å². The second kappa shape index (κ2) is 10.3. The molecule has 124 valence electrons. The highest BCUT2D eigenvalue weighted by Gasteiger charge is 2.17. The maximum Gasteiger partial charge on any atom is 0.206 e. The fourth-order valence-electron chi connectivity index (χ4n) is 2.81. The normalized spacial score (nSPS) is 10.7. The standard InChI is InChI=1S/C19H33N3/c1-6-10-12-13-17-18(14-11-7-2)21(5)19(20-17)22(15-8-3)16-9-4/h8-9H,3-4,6-7,10-16H2,1-2,5H3. The number of aryl methyl sites for hydroxylation is 1. The Morgan fingerprint density at radius 2 is 1.64 bits per heavy atom. The van der Waals surface area contributed by atoms with Gasteiger partial charge in [-0.15, -0.1) is 13.2 Å². The second-order valence-electron chi connectivity index (χ2n) is 5.91. The Hall–Kier alpha value is -1.51. The maximum atomic E-state index is 4.97. The Morgan fingerprint density at radius 1 is 1.00 bits per heavy atom. The van der Waals surface area contributed by atoms with E-state index in [1.807, 2.05) is 12.2 Å². The van der Waals surface area contributed by atoms with Crippen molar-refractivity contribution in [2.75, 3.05) is 18.0 Å². The quantitative estimate of drug-likeness (QED) is 0.413. The lowest BCUT2D eigenvalue weighted by Gasteiger charge is -2.20. The van der Waals surface area contributed by atoms with Gasteiger partial charge in [0.15, 0.2) is 0 Å². The van der Waals surface area contributed by atoms with Gasteiger partial charge in [-0.25, -0.2) is 4.98 Å². The first-order chi connectivity index (χ1) is 10.7. The van der Waals surface area contributed by atoms with Crippen LogP contribution in [0.3, 0.4) is 0 Å². The predicted octanol–water partition coefficient (Wildman–Crippen LogP) is 4.67. The van der Waals surface area contributed by atoms with E-state index in [4.69, 9.17) is 4.98 Å². The Balaban J connectivity index is 3.04. The number of rotatable bonds is 12. The Bertz CT molecular complexity index is 449. The van der Waals surface area contributed by atoms with Gasteiger partial charge in [0.2, 0.25) is 5.95 Å². The van der Waals surface area contributed by atoms with E-state index >= 15 is 0 Å². The summed E-state index contributed by atoms with van der Waals surface area (Å²) in [5.41, 5.74) is 2.70. The first-order valence-corrected chi connectivity index (χ1v) is 8.70. The van der Waals surface area contributed by atoms with Crippen molar-refractivity contribution < 1.29 is 0 Å². The van der Waals surface area contributed by atoms with Gasteiger partial charge in [-0.3, -0.25) is 0 Å². The van der Waals surface area contributed by atoms with Crippen molar-refractivity contribution in [3.05, 3.63) is 36.7 Å². The zero-order chi connectivity index (χ0) is 16.4. The summed E-state index contributed by atoms with van der Waals surface area (Å²) in [6.45, 7) is 13.8. The molecule has 1 aromatic heterocycles. The van der Waals surface area contributed by atoms with Gasteiger partial charge >= 0.3 is 0 Å².